The van der Waals surface area contributed by atoms with Gasteiger partial charge in [-0.25, -0.2) is 8.42 Å². The Balaban J connectivity index is 2.85. The summed E-state index contributed by atoms with van der Waals surface area (Å²) in [5.41, 5.74) is -0.609. The van der Waals surface area contributed by atoms with Gasteiger partial charge in [0.15, 0.2) is 9.84 Å². The zero-order valence-electron chi connectivity index (χ0n) is 12.5. The molecule has 1 heterocycles. The first kappa shape index (κ1) is 16.9. The lowest BCUT2D eigenvalue weighted by Crippen LogP contribution is -2.47. The van der Waals surface area contributed by atoms with Crippen LogP contribution in [0.4, 0.5) is 0 Å². The van der Waals surface area contributed by atoms with Crippen LogP contribution < -0.4 is 0 Å². The summed E-state index contributed by atoms with van der Waals surface area (Å²) in [4.78, 5) is 25.2. The third-order valence-corrected chi connectivity index (χ3v) is 5.09. The van der Waals surface area contributed by atoms with Gasteiger partial charge in [0.2, 0.25) is 5.91 Å². The van der Waals surface area contributed by atoms with Gasteiger partial charge in [-0.3, -0.25) is 9.59 Å². The molecular formula is C13H23NO5S. The summed E-state index contributed by atoms with van der Waals surface area (Å²) in [6.07, 6.45) is 0.514. The molecule has 7 heteroatoms. The van der Waals surface area contributed by atoms with E-state index in [0.717, 1.165) is 0 Å². The number of carbonyl (C=O) groups is 2. The summed E-state index contributed by atoms with van der Waals surface area (Å²) < 4.78 is 27.7. The molecule has 0 unspecified atom stereocenters. The highest BCUT2D eigenvalue weighted by Crippen LogP contribution is 2.24. The fraction of sp³-hybridized carbons (Fsp3) is 0.846. The van der Waals surface area contributed by atoms with Crippen LogP contribution in [-0.2, 0) is 24.2 Å². The van der Waals surface area contributed by atoms with E-state index in [2.05, 4.69) is 4.74 Å². The lowest BCUT2D eigenvalue weighted by molar-refractivity contribution is -0.145. The van der Waals surface area contributed by atoms with E-state index in [4.69, 9.17) is 0 Å². The van der Waals surface area contributed by atoms with Gasteiger partial charge < -0.3 is 9.64 Å². The second-order valence-corrected chi connectivity index (χ2v) is 8.36. The van der Waals surface area contributed by atoms with Crippen LogP contribution in [0.25, 0.3) is 0 Å². The van der Waals surface area contributed by atoms with Gasteiger partial charge in [0.05, 0.1) is 25.0 Å². The summed E-state index contributed by atoms with van der Waals surface area (Å²) in [7, 11) is -1.78. The van der Waals surface area contributed by atoms with Crippen LogP contribution in [0.1, 0.15) is 33.6 Å². The Kier molecular flexibility index (Phi) is 5.18. The van der Waals surface area contributed by atoms with Crippen LogP contribution in [0.5, 0.6) is 0 Å². The highest BCUT2D eigenvalue weighted by Gasteiger charge is 2.38. The van der Waals surface area contributed by atoms with Crippen LogP contribution in [0.3, 0.4) is 0 Å². The minimum atomic E-state index is -3.07. The molecule has 0 aromatic rings. The normalized spacial score (nSPS) is 21.5. The quantitative estimate of drug-likeness (QED) is 0.711. The van der Waals surface area contributed by atoms with Crippen molar-refractivity contribution in [1.29, 1.82) is 0 Å². The maximum absolute atomic E-state index is 12.4. The molecular weight excluding hydrogens is 282 g/mol. The number of ether oxygens (including phenoxy) is 1. The van der Waals surface area contributed by atoms with Gasteiger partial charge in [-0.15, -0.1) is 0 Å². The average molecular weight is 305 g/mol. The predicted molar refractivity (Wildman–Crippen MR) is 74.9 cm³/mol. The Morgan fingerprint density at radius 2 is 1.90 bits per heavy atom. The molecule has 0 aromatic carbocycles. The molecule has 0 spiro atoms. The largest absolute Gasteiger partial charge is 0.469 e. The summed E-state index contributed by atoms with van der Waals surface area (Å²) in [6.45, 7) is 5.54. The molecule has 0 N–H and O–H groups in total. The van der Waals surface area contributed by atoms with Gasteiger partial charge in [-0.05, 0) is 6.42 Å². The smallest absolute Gasteiger partial charge is 0.307 e. The molecule has 1 amide bonds. The van der Waals surface area contributed by atoms with Gasteiger partial charge in [0.1, 0.15) is 0 Å². The van der Waals surface area contributed by atoms with Crippen LogP contribution in [0.2, 0.25) is 0 Å². The number of amides is 1. The van der Waals surface area contributed by atoms with Gasteiger partial charge in [0, 0.05) is 18.0 Å². The highest BCUT2D eigenvalue weighted by atomic mass is 32.2. The zero-order chi connectivity index (χ0) is 15.6. The fourth-order valence-corrected chi connectivity index (χ4v) is 3.95. The first-order chi connectivity index (χ1) is 9.07. The average Bonchev–Trinajstić information content (AvgIpc) is 2.68. The number of hydrogen-bond donors (Lipinski definition) is 0. The standard InChI is InChI=1S/C13H23NO5S/c1-13(2,3)12(16)14(7-5-11(15)19-4)10-6-8-20(17,18)9-10/h10H,5-9H2,1-4H3/t10-/m0/s1. The van der Waals surface area contributed by atoms with Crippen molar-refractivity contribution in [2.45, 2.75) is 39.7 Å². The predicted octanol–water partition coefficient (Wildman–Crippen LogP) is 0.611. The lowest BCUT2D eigenvalue weighted by Gasteiger charge is -2.33. The van der Waals surface area contributed by atoms with E-state index < -0.39 is 21.2 Å². The third-order valence-electron chi connectivity index (χ3n) is 3.34. The Bertz CT molecular complexity index is 477. The molecule has 6 nitrogen and oxygen atoms in total. The minimum Gasteiger partial charge on any atom is -0.469 e. The maximum Gasteiger partial charge on any atom is 0.307 e. The molecule has 0 bridgehead atoms. The molecule has 20 heavy (non-hydrogen) atoms. The Morgan fingerprint density at radius 3 is 2.30 bits per heavy atom. The van der Waals surface area contributed by atoms with E-state index in [0.29, 0.717) is 6.42 Å². The number of hydrogen-bond acceptors (Lipinski definition) is 5. The first-order valence-corrected chi connectivity index (χ1v) is 8.47. The van der Waals surface area contributed by atoms with E-state index in [1.807, 2.05) is 0 Å². The number of esters is 1. The summed E-state index contributed by atoms with van der Waals surface area (Å²) in [5.74, 6) is -0.458. The van der Waals surface area contributed by atoms with Crippen molar-refractivity contribution >= 4 is 21.7 Å². The van der Waals surface area contributed by atoms with Crippen molar-refractivity contribution in [3.05, 3.63) is 0 Å². The van der Waals surface area contributed by atoms with Crippen LogP contribution in [0, 0.1) is 5.41 Å². The molecule has 0 aliphatic carbocycles. The van der Waals surface area contributed by atoms with Crippen LogP contribution >= 0.6 is 0 Å². The SMILES string of the molecule is COC(=O)CCN(C(=O)C(C)(C)C)[C@H]1CCS(=O)(=O)C1. The van der Waals surface area contributed by atoms with Crippen LogP contribution in [-0.4, -0.2) is 56.4 Å². The minimum absolute atomic E-state index is 0.0179. The van der Waals surface area contributed by atoms with Crippen molar-refractivity contribution in [2.24, 2.45) is 5.41 Å². The Morgan fingerprint density at radius 1 is 1.30 bits per heavy atom. The number of nitrogens with zero attached hydrogens (tertiary/aromatic N) is 1. The second-order valence-electron chi connectivity index (χ2n) is 6.13. The molecule has 1 atom stereocenters. The fourth-order valence-electron chi connectivity index (χ4n) is 2.22. The molecule has 1 aliphatic rings. The number of rotatable bonds is 4. The molecule has 0 radical (unpaired) electrons. The second kappa shape index (κ2) is 6.11. The lowest BCUT2D eigenvalue weighted by atomic mass is 9.93. The Hall–Kier alpha value is -1.11. The molecule has 1 rings (SSSR count). The molecule has 1 fully saturated rings. The summed E-state index contributed by atoms with van der Waals surface area (Å²) in [6, 6.07) is -0.337. The monoisotopic (exact) mass is 305 g/mol. The van der Waals surface area contributed by atoms with E-state index >= 15 is 0 Å². The molecule has 0 aromatic heterocycles. The number of methoxy groups -OCH3 is 1. The summed E-state index contributed by atoms with van der Waals surface area (Å²) >= 11 is 0. The first-order valence-electron chi connectivity index (χ1n) is 6.65. The third kappa shape index (κ3) is 4.47. The van der Waals surface area contributed by atoms with E-state index in [1.165, 1.54) is 12.0 Å². The highest BCUT2D eigenvalue weighted by molar-refractivity contribution is 7.91. The van der Waals surface area contributed by atoms with Gasteiger partial charge in [-0.2, -0.15) is 0 Å². The van der Waals surface area contributed by atoms with Crippen molar-refractivity contribution in [3.8, 4) is 0 Å². The maximum atomic E-state index is 12.4. The Labute approximate surface area is 120 Å². The van der Waals surface area contributed by atoms with Gasteiger partial charge >= 0.3 is 5.97 Å². The van der Waals surface area contributed by atoms with E-state index in [-0.39, 0.29) is 36.4 Å². The van der Waals surface area contributed by atoms with Crippen molar-refractivity contribution < 1.29 is 22.7 Å². The van der Waals surface area contributed by atoms with E-state index in [1.54, 1.807) is 20.8 Å². The van der Waals surface area contributed by atoms with Crippen LogP contribution in [0.15, 0.2) is 0 Å². The molecule has 116 valence electrons. The van der Waals surface area contributed by atoms with Crippen molar-refractivity contribution in [2.75, 3.05) is 25.2 Å². The van der Waals surface area contributed by atoms with E-state index in [9.17, 15) is 18.0 Å². The van der Waals surface area contributed by atoms with Gasteiger partial charge in [0.25, 0.3) is 0 Å². The van der Waals surface area contributed by atoms with Crippen molar-refractivity contribution in [3.63, 3.8) is 0 Å². The molecule has 1 saturated heterocycles. The number of carbonyl (C=O) groups excluding carboxylic acids is 2. The zero-order valence-corrected chi connectivity index (χ0v) is 13.3. The summed E-state index contributed by atoms with van der Waals surface area (Å²) in [5, 5.41) is 0. The molecule has 0 saturated carbocycles. The molecule has 1 aliphatic heterocycles. The topological polar surface area (TPSA) is 80.8 Å². The number of sulfone groups is 1. The van der Waals surface area contributed by atoms with Gasteiger partial charge in [-0.1, -0.05) is 20.8 Å². The van der Waals surface area contributed by atoms with Crippen molar-refractivity contribution in [1.82, 2.24) is 4.90 Å².